The van der Waals surface area contributed by atoms with E-state index in [1.807, 2.05) is 4.90 Å². The summed E-state index contributed by atoms with van der Waals surface area (Å²) in [5.74, 6) is 0.212. The van der Waals surface area contributed by atoms with Gasteiger partial charge in [-0.15, -0.1) is 0 Å². The van der Waals surface area contributed by atoms with Gasteiger partial charge in [0, 0.05) is 45.0 Å². The Kier molecular flexibility index (Phi) is 4.68. The molecular formula is C13H20N4O2. The van der Waals surface area contributed by atoms with Crippen molar-refractivity contribution in [2.24, 2.45) is 0 Å². The first-order valence-electron chi connectivity index (χ1n) is 6.50. The number of rotatable bonds is 4. The standard InChI is InChI=1S/C13H20N4O2/c1-16-5-7-17(8-6-16)12(18)4-3-11-9-14-13(19-2)15-10-11/h9-10H,3-8H2,1-2H3. The quantitative estimate of drug-likeness (QED) is 0.777. The molecule has 1 amide bonds. The number of carbonyl (C=O) groups is 1. The van der Waals surface area contributed by atoms with Crippen LogP contribution in [0.3, 0.4) is 0 Å². The second-order valence-electron chi connectivity index (χ2n) is 4.76. The number of methoxy groups -OCH3 is 1. The molecule has 1 aliphatic rings. The van der Waals surface area contributed by atoms with Crippen molar-refractivity contribution in [2.75, 3.05) is 40.3 Å². The average Bonchev–Trinajstić information content (AvgIpc) is 2.46. The molecule has 0 spiro atoms. The second kappa shape index (κ2) is 6.47. The lowest BCUT2D eigenvalue weighted by atomic mass is 10.1. The van der Waals surface area contributed by atoms with Crippen LogP contribution in [0.1, 0.15) is 12.0 Å². The number of nitrogens with zero attached hydrogens (tertiary/aromatic N) is 4. The second-order valence-corrected chi connectivity index (χ2v) is 4.76. The van der Waals surface area contributed by atoms with E-state index in [1.165, 1.54) is 7.11 Å². The summed E-state index contributed by atoms with van der Waals surface area (Å²) in [6.45, 7) is 3.57. The average molecular weight is 264 g/mol. The molecule has 1 fully saturated rings. The first-order chi connectivity index (χ1) is 9.19. The van der Waals surface area contributed by atoms with Crippen LogP contribution >= 0.6 is 0 Å². The van der Waals surface area contributed by atoms with Gasteiger partial charge in [-0.1, -0.05) is 0 Å². The number of carbonyl (C=O) groups excluding carboxylic acids is 1. The molecule has 1 aliphatic heterocycles. The number of likely N-dealkylation sites (N-methyl/N-ethyl adjacent to an activating group) is 1. The predicted molar refractivity (Wildman–Crippen MR) is 71.0 cm³/mol. The van der Waals surface area contributed by atoms with E-state index in [0.29, 0.717) is 18.9 Å². The first-order valence-corrected chi connectivity index (χ1v) is 6.50. The van der Waals surface area contributed by atoms with E-state index in [-0.39, 0.29) is 5.91 Å². The minimum atomic E-state index is 0.212. The molecule has 1 saturated heterocycles. The highest BCUT2D eigenvalue weighted by Crippen LogP contribution is 2.07. The Balaban J connectivity index is 1.79. The molecule has 6 heteroatoms. The number of ether oxygens (including phenoxy) is 1. The van der Waals surface area contributed by atoms with Gasteiger partial charge in [-0.2, -0.15) is 0 Å². The molecule has 0 aromatic carbocycles. The largest absolute Gasteiger partial charge is 0.467 e. The number of aryl methyl sites for hydroxylation is 1. The van der Waals surface area contributed by atoms with Gasteiger partial charge in [0.05, 0.1) is 7.11 Å². The molecule has 1 aromatic rings. The maximum absolute atomic E-state index is 12.0. The van der Waals surface area contributed by atoms with Gasteiger partial charge in [-0.25, -0.2) is 9.97 Å². The van der Waals surface area contributed by atoms with Crippen LogP contribution in [-0.2, 0) is 11.2 Å². The van der Waals surface area contributed by atoms with Crippen LogP contribution in [0.15, 0.2) is 12.4 Å². The van der Waals surface area contributed by atoms with E-state index in [2.05, 4.69) is 21.9 Å². The lowest BCUT2D eigenvalue weighted by Crippen LogP contribution is -2.47. The smallest absolute Gasteiger partial charge is 0.316 e. The van der Waals surface area contributed by atoms with Crippen LogP contribution in [-0.4, -0.2) is 66.0 Å². The molecular weight excluding hydrogens is 244 g/mol. The Labute approximate surface area is 113 Å². The summed E-state index contributed by atoms with van der Waals surface area (Å²) >= 11 is 0. The third-order valence-electron chi connectivity index (χ3n) is 3.35. The van der Waals surface area contributed by atoms with Crippen LogP contribution < -0.4 is 4.74 Å². The summed E-state index contributed by atoms with van der Waals surface area (Å²) in [5, 5.41) is 0. The molecule has 2 rings (SSSR count). The zero-order valence-corrected chi connectivity index (χ0v) is 11.5. The Morgan fingerprint density at radius 3 is 2.47 bits per heavy atom. The highest BCUT2D eigenvalue weighted by molar-refractivity contribution is 5.76. The Bertz CT molecular complexity index is 413. The molecule has 2 heterocycles. The summed E-state index contributed by atoms with van der Waals surface area (Å²) in [4.78, 5) is 24.3. The minimum Gasteiger partial charge on any atom is -0.467 e. The van der Waals surface area contributed by atoms with Crippen molar-refractivity contribution in [3.05, 3.63) is 18.0 Å². The highest BCUT2D eigenvalue weighted by Gasteiger charge is 2.18. The van der Waals surface area contributed by atoms with E-state index in [4.69, 9.17) is 4.74 Å². The summed E-state index contributed by atoms with van der Waals surface area (Å²) in [6, 6.07) is 0.356. The molecule has 19 heavy (non-hydrogen) atoms. The van der Waals surface area contributed by atoms with Gasteiger partial charge in [0.2, 0.25) is 5.91 Å². The van der Waals surface area contributed by atoms with E-state index in [9.17, 15) is 4.79 Å². The number of piperazine rings is 1. The molecule has 6 nitrogen and oxygen atoms in total. The fourth-order valence-corrected chi connectivity index (χ4v) is 2.04. The van der Waals surface area contributed by atoms with Crippen LogP contribution in [0.2, 0.25) is 0 Å². The lowest BCUT2D eigenvalue weighted by Gasteiger charge is -2.32. The lowest BCUT2D eigenvalue weighted by molar-refractivity contribution is -0.132. The third kappa shape index (κ3) is 3.89. The SMILES string of the molecule is COc1ncc(CCC(=O)N2CCN(C)CC2)cn1. The van der Waals surface area contributed by atoms with Crippen LogP contribution in [0.4, 0.5) is 0 Å². The number of aromatic nitrogens is 2. The van der Waals surface area contributed by atoms with Crippen molar-refractivity contribution >= 4 is 5.91 Å². The maximum Gasteiger partial charge on any atom is 0.316 e. The molecule has 0 radical (unpaired) electrons. The van der Waals surface area contributed by atoms with E-state index >= 15 is 0 Å². The molecule has 0 aliphatic carbocycles. The van der Waals surface area contributed by atoms with Crippen molar-refractivity contribution in [1.29, 1.82) is 0 Å². The van der Waals surface area contributed by atoms with Crippen LogP contribution in [0.5, 0.6) is 6.01 Å². The fraction of sp³-hybridized carbons (Fsp3) is 0.615. The number of hydrogen-bond donors (Lipinski definition) is 0. The normalized spacial score (nSPS) is 16.4. The van der Waals surface area contributed by atoms with Crippen LogP contribution in [0, 0.1) is 0 Å². The van der Waals surface area contributed by atoms with Crippen molar-refractivity contribution < 1.29 is 9.53 Å². The molecule has 0 unspecified atom stereocenters. The van der Waals surface area contributed by atoms with E-state index in [1.54, 1.807) is 12.4 Å². The Morgan fingerprint density at radius 2 is 1.89 bits per heavy atom. The van der Waals surface area contributed by atoms with Gasteiger partial charge < -0.3 is 14.5 Å². The molecule has 104 valence electrons. The zero-order valence-electron chi connectivity index (χ0n) is 11.5. The highest BCUT2D eigenvalue weighted by atomic mass is 16.5. The van der Waals surface area contributed by atoms with Gasteiger partial charge in [0.15, 0.2) is 0 Å². The topological polar surface area (TPSA) is 58.6 Å². The van der Waals surface area contributed by atoms with Crippen LogP contribution in [0.25, 0.3) is 0 Å². The summed E-state index contributed by atoms with van der Waals surface area (Å²) in [6.07, 6.45) is 4.61. The molecule has 0 N–H and O–H groups in total. The summed E-state index contributed by atoms with van der Waals surface area (Å²) in [7, 11) is 3.61. The first kappa shape index (κ1) is 13.7. The Hall–Kier alpha value is -1.69. The fourth-order valence-electron chi connectivity index (χ4n) is 2.04. The van der Waals surface area contributed by atoms with Crippen molar-refractivity contribution in [1.82, 2.24) is 19.8 Å². The van der Waals surface area contributed by atoms with E-state index in [0.717, 1.165) is 31.7 Å². The number of amides is 1. The molecule has 0 bridgehead atoms. The Morgan fingerprint density at radius 1 is 1.26 bits per heavy atom. The van der Waals surface area contributed by atoms with Crippen molar-refractivity contribution in [3.63, 3.8) is 0 Å². The van der Waals surface area contributed by atoms with Gasteiger partial charge in [0.1, 0.15) is 0 Å². The van der Waals surface area contributed by atoms with Gasteiger partial charge in [-0.3, -0.25) is 4.79 Å². The maximum atomic E-state index is 12.0. The monoisotopic (exact) mass is 264 g/mol. The van der Waals surface area contributed by atoms with Gasteiger partial charge in [0.25, 0.3) is 0 Å². The van der Waals surface area contributed by atoms with E-state index < -0.39 is 0 Å². The third-order valence-corrected chi connectivity index (χ3v) is 3.35. The summed E-state index contributed by atoms with van der Waals surface area (Å²) in [5.41, 5.74) is 0.961. The molecule has 0 saturated carbocycles. The number of hydrogen-bond acceptors (Lipinski definition) is 5. The summed E-state index contributed by atoms with van der Waals surface area (Å²) < 4.78 is 4.90. The van der Waals surface area contributed by atoms with Gasteiger partial charge in [-0.05, 0) is 19.0 Å². The molecule has 0 atom stereocenters. The minimum absolute atomic E-state index is 0.212. The van der Waals surface area contributed by atoms with Gasteiger partial charge >= 0.3 is 6.01 Å². The molecule has 1 aromatic heterocycles. The van der Waals surface area contributed by atoms with Crippen molar-refractivity contribution in [2.45, 2.75) is 12.8 Å². The van der Waals surface area contributed by atoms with Crippen molar-refractivity contribution in [3.8, 4) is 6.01 Å². The zero-order chi connectivity index (χ0) is 13.7. The predicted octanol–water partition coefficient (Wildman–Crippen LogP) is 0.192.